The standard InChI is InChI=1S/C13H9N3O4/c1-7-5-10(19-15-7)12-14-11(16-20-12)8-3-2-4-9(6-8)13(17)18/h2-6H,1H3,(H,17,18). The van der Waals surface area contributed by atoms with E-state index in [0.29, 0.717) is 17.0 Å². The van der Waals surface area contributed by atoms with Crippen LogP contribution in [-0.2, 0) is 0 Å². The van der Waals surface area contributed by atoms with Gasteiger partial charge in [0.15, 0.2) is 0 Å². The van der Waals surface area contributed by atoms with Crippen LogP contribution in [0.2, 0.25) is 0 Å². The Bertz CT molecular complexity index is 775. The molecule has 0 radical (unpaired) electrons. The van der Waals surface area contributed by atoms with Crippen LogP contribution in [0.3, 0.4) is 0 Å². The molecule has 0 aliphatic carbocycles. The number of carboxylic acid groups (broad SMARTS) is 1. The molecule has 0 fully saturated rings. The van der Waals surface area contributed by atoms with Gasteiger partial charge in [0.05, 0.1) is 11.3 Å². The molecule has 0 amide bonds. The van der Waals surface area contributed by atoms with Crippen molar-refractivity contribution in [1.82, 2.24) is 15.3 Å². The second-order valence-electron chi connectivity index (χ2n) is 4.14. The van der Waals surface area contributed by atoms with Gasteiger partial charge in [-0.2, -0.15) is 4.98 Å². The summed E-state index contributed by atoms with van der Waals surface area (Å²) in [6.45, 7) is 1.78. The van der Waals surface area contributed by atoms with E-state index in [1.54, 1.807) is 25.1 Å². The van der Waals surface area contributed by atoms with Gasteiger partial charge >= 0.3 is 5.97 Å². The Morgan fingerprint density at radius 3 is 2.75 bits per heavy atom. The van der Waals surface area contributed by atoms with Crippen molar-refractivity contribution < 1.29 is 18.9 Å². The summed E-state index contributed by atoms with van der Waals surface area (Å²) in [5.41, 5.74) is 1.41. The van der Waals surface area contributed by atoms with Gasteiger partial charge in [0.2, 0.25) is 11.6 Å². The predicted octanol–water partition coefficient (Wildman–Crippen LogP) is 2.40. The van der Waals surface area contributed by atoms with E-state index in [9.17, 15) is 4.79 Å². The molecule has 1 aromatic carbocycles. The normalized spacial score (nSPS) is 10.7. The molecule has 2 aromatic heterocycles. The number of nitrogens with zero attached hydrogens (tertiary/aromatic N) is 3. The van der Waals surface area contributed by atoms with E-state index >= 15 is 0 Å². The van der Waals surface area contributed by atoms with Gasteiger partial charge in [-0.1, -0.05) is 22.4 Å². The number of benzene rings is 1. The number of hydrogen-bond acceptors (Lipinski definition) is 6. The van der Waals surface area contributed by atoms with Crippen molar-refractivity contribution >= 4 is 5.97 Å². The SMILES string of the molecule is Cc1cc(-c2nc(-c3cccc(C(=O)O)c3)no2)on1. The lowest BCUT2D eigenvalue weighted by atomic mass is 10.1. The number of aryl methyl sites for hydroxylation is 1. The van der Waals surface area contributed by atoms with E-state index < -0.39 is 5.97 Å². The van der Waals surface area contributed by atoms with Gasteiger partial charge in [0.25, 0.3) is 5.89 Å². The highest BCUT2D eigenvalue weighted by atomic mass is 16.5. The van der Waals surface area contributed by atoms with Gasteiger partial charge in [0.1, 0.15) is 0 Å². The topological polar surface area (TPSA) is 102 Å². The average Bonchev–Trinajstić information content (AvgIpc) is 3.07. The minimum Gasteiger partial charge on any atom is -0.478 e. The van der Waals surface area contributed by atoms with Gasteiger partial charge in [-0.05, 0) is 19.1 Å². The summed E-state index contributed by atoms with van der Waals surface area (Å²) < 4.78 is 10.1. The molecule has 0 saturated carbocycles. The third-order valence-electron chi connectivity index (χ3n) is 2.63. The van der Waals surface area contributed by atoms with Crippen LogP contribution in [0.25, 0.3) is 23.0 Å². The van der Waals surface area contributed by atoms with E-state index in [4.69, 9.17) is 14.2 Å². The molecule has 0 unspecified atom stereocenters. The summed E-state index contributed by atoms with van der Waals surface area (Å²) in [6.07, 6.45) is 0. The molecule has 0 bridgehead atoms. The van der Waals surface area contributed by atoms with Crippen LogP contribution in [0.4, 0.5) is 0 Å². The third kappa shape index (κ3) is 2.16. The molecule has 100 valence electrons. The highest BCUT2D eigenvalue weighted by molar-refractivity contribution is 5.89. The van der Waals surface area contributed by atoms with E-state index in [1.165, 1.54) is 12.1 Å². The Balaban J connectivity index is 1.98. The van der Waals surface area contributed by atoms with E-state index in [2.05, 4.69) is 15.3 Å². The zero-order valence-electron chi connectivity index (χ0n) is 10.4. The molecular formula is C13H9N3O4. The molecule has 0 aliphatic rings. The van der Waals surface area contributed by atoms with Gasteiger partial charge in [-0.3, -0.25) is 0 Å². The molecule has 7 nitrogen and oxygen atoms in total. The zero-order chi connectivity index (χ0) is 14.1. The number of carbonyl (C=O) groups is 1. The first kappa shape index (κ1) is 12.1. The zero-order valence-corrected chi connectivity index (χ0v) is 10.4. The van der Waals surface area contributed by atoms with Crippen molar-refractivity contribution in [1.29, 1.82) is 0 Å². The smallest absolute Gasteiger partial charge is 0.335 e. The van der Waals surface area contributed by atoms with Crippen LogP contribution in [0.15, 0.2) is 39.4 Å². The highest BCUT2D eigenvalue weighted by Crippen LogP contribution is 2.23. The largest absolute Gasteiger partial charge is 0.478 e. The molecule has 20 heavy (non-hydrogen) atoms. The van der Waals surface area contributed by atoms with Crippen molar-refractivity contribution in [3.63, 3.8) is 0 Å². The first-order chi connectivity index (χ1) is 9.63. The van der Waals surface area contributed by atoms with Crippen LogP contribution in [0.5, 0.6) is 0 Å². The van der Waals surface area contributed by atoms with Gasteiger partial charge < -0.3 is 14.2 Å². The fraction of sp³-hybridized carbons (Fsp3) is 0.0769. The van der Waals surface area contributed by atoms with Gasteiger partial charge in [-0.25, -0.2) is 4.79 Å². The summed E-state index contributed by atoms with van der Waals surface area (Å²) in [5.74, 6) is -0.157. The first-order valence-electron chi connectivity index (χ1n) is 5.74. The number of rotatable bonds is 3. The number of aromatic nitrogens is 3. The quantitative estimate of drug-likeness (QED) is 0.780. The lowest BCUT2D eigenvalue weighted by Crippen LogP contribution is -1.96. The van der Waals surface area contributed by atoms with Crippen LogP contribution in [-0.4, -0.2) is 26.4 Å². The average molecular weight is 271 g/mol. The van der Waals surface area contributed by atoms with Crippen LogP contribution < -0.4 is 0 Å². The number of aromatic carboxylic acids is 1. The summed E-state index contributed by atoms with van der Waals surface area (Å²) >= 11 is 0. The van der Waals surface area contributed by atoms with Crippen molar-refractivity contribution in [3.8, 4) is 23.0 Å². The minimum absolute atomic E-state index is 0.157. The molecule has 3 rings (SSSR count). The van der Waals surface area contributed by atoms with Crippen molar-refractivity contribution in [2.75, 3.05) is 0 Å². The predicted molar refractivity (Wildman–Crippen MR) is 66.9 cm³/mol. The molecule has 0 atom stereocenters. The fourth-order valence-corrected chi connectivity index (χ4v) is 1.70. The molecule has 7 heteroatoms. The Morgan fingerprint density at radius 1 is 1.20 bits per heavy atom. The fourth-order valence-electron chi connectivity index (χ4n) is 1.70. The molecule has 3 aromatic rings. The molecule has 0 saturated heterocycles. The van der Waals surface area contributed by atoms with Crippen molar-refractivity contribution in [3.05, 3.63) is 41.6 Å². The summed E-state index contributed by atoms with van der Waals surface area (Å²) in [5, 5.41) is 16.5. The number of carboxylic acids is 1. The Morgan fingerprint density at radius 2 is 2.05 bits per heavy atom. The van der Waals surface area contributed by atoms with Crippen LogP contribution in [0, 0.1) is 6.92 Å². The molecule has 0 aliphatic heterocycles. The third-order valence-corrected chi connectivity index (χ3v) is 2.63. The Hall–Kier alpha value is -2.96. The number of hydrogen-bond donors (Lipinski definition) is 1. The second kappa shape index (κ2) is 4.61. The Kier molecular flexibility index (Phi) is 2.79. The van der Waals surface area contributed by atoms with Gasteiger partial charge in [-0.15, -0.1) is 0 Å². The second-order valence-corrected chi connectivity index (χ2v) is 4.14. The molecule has 2 heterocycles. The lowest BCUT2D eigenvalue weighted by Gasteiger charge is -1.96. The maximum absolute atomic E-state index is 10.9. The highest BCUT2D eigenvalue weighted by Gasteiger charge is 2.15. The van der Waals surface area contributed by atoms with Gasteiger partial charge in [0, 0.05) is 11.6 Å². The monoisotopic (exact) mass is 271 g/mol. The summed E-state index contributed by atoms with van der Waals surface area (Å²) in [6, 6.07) is 7.96. The maximum atomic E-state index is 10.9. The van der Waals surface area contributed by atoms with Crippen LogP contribution in [0.1, 0.15) is 16.1 Å². The Labute approximate surface area is 112 Å². The van der Waals surface area contributed by atoms with E-state index in [0.717, 1.165) is 0 Å². The van der Waals surface area contributed by atoms with E-state index in [-0.39, 0.29) is 17.3 Å². The summed E-state index contributed by atoms with van der Waals surface area (Å²) in [4.78, 5) is 15.1. The molecular weight excluding hydrogens is 262 g/mol. The summed E-state index contributed by atoms with van der Waals surface area (Å²) in [7, 11) is 0. The first-order valence-corrected chi connectivity index (χ1v) is 5.74. The van der Waals surface area contributed by atoms with E-state index in [1.807, 2.05) is 0 Å². The van der Waals surface area contributed by atoms with Crippen LogP contribution >= 0.6 is 0 Å². The maximum Gasteiger partial charge on any atom is 0.335 e. The lowest BCUT2D eigenvalue weighted by molar-refractivity contribution is 0.0697. The van der Waals surface area contributed by atoms with Crippen molar-refractivity contribution in [2.24, 2.45) is 0 Å². The molecule has 0 spiro atoms. The molecule has 1 N–H and O–H groups in total. The van der Waals surface area contributed by atoms with Crippen molar-refractivity contribution in [2.45, 2.75) is 6.92 Å². The minimum atomic E-state index is -1.01.